The summed E-state index contributed by atoms with van der Waals surface area (Å²) in [6.07, 6.45) is 0. The zero-order chi connectivity index (χ0) is 31.7. The van der Waals surface area contributed by atoms with Crippen LogP contribution in [0.2, 0.25) is 0 Å². The van der Waals surface area contributed by atoms with Gasteiger partial charge in [0.05, 0.1) is 6.04 Å². The van der Waals surface area contributed by atoms with Gasteiger partial charge in [0.2, 0.25) is 5.90 Å². The van der Waals surface area contributed by atoms with Crippen molar-refractivity contribution in [2.45, 2.75) is 33.7 Å². The van der Waals surface area contributed by atoms with E-state index in [0.717, 1.165) is 33.6 Å². The van der Waals surface area contributed by atoms with Crippen LogP contribution in [-0.2, 0) is 26.5 Å². The third-order valence-electron chi connectivity index (χ3n) is 6.78. The Morgan fingerprint density at radius 2 is 1.04 bits per heavy atom. The molecule has 0 fully saturated rings. The molecule has 45 heavy (non-hydrogen) atoms. The Balaban J connectivity index is 0.000000259. The second kappa shape index (κ2) is 19.9. The van der Waals surface area contributed by atoms with Crippen LogP contribution in [0.15, 0.2) is 138 Å². The summed E-state index contributed by atoms with van der Waals surface area (Å²) in [5.41, 5.74) is 8.47. The first kappa shape index (κ1) is 36.9. The summed E-state index contributed by atoms with van der Waals surface area (Å²) in [5, 5.41) is 4.89. The number of benzene rings is 5. The van der Waals surface area contributed by atoms with E-state index in [4.69, 9.17) is 15.0 Å². The van der Waals surface area contributed by atoms with Gasteiger partial charge in [0.25, 0.3) is 0 Å². The molecule has 0 unspecified atom stereocenters. The zero-order valence-corrected chi connectivity index (χ0v) is 28.5. The number of ether oxygens (including phenoxy) is 1. The molecule has 5 aromatic rings. The number of rotatable bonds is 4. The van der Waals surface area contributed by atoms with Gasteiger partial charge in [0, 0.05) is 5.56 Å². The molecular formula is C41H44N2OTi. The van der Waals surface area contributed by atoms with E-state index in [9.17, 15) is 0 Å². The van der Waals surface area contributed by atoms with Crippen molar-refractivity contribution in [1.29, 1.82) is 0 Å². The van der Waals surface area contributed by atoms with Gasteiger partial charge in [-0.05, 0) is 19.8 Å². The summed E-state index contributed by atoms with van der Waals surface area (Å²) >= 11 is 0. The molecule has 0 spiro atoms. The largest absolute Gasteiger partial charge is 4.00 e. The van der Waals surface area contributed by atoms with Crippen LogP contribution in [0.25, 0.3) is 5.32 Å². The first-order valence-corrected chi connectivity index (χ1v) is 14.9. The maximum Gasteiger partial charge on any atom is 4.00 e. The van der Waals surface area contributed by atoms with Crippen molar-refractivity contribution < 1.29 is 26.5 Å². The van der Waals surface area contributed by atoms with Crippen LogP contribution in [0, 0.1) is 40.5 Å². The van der Waals surface area contributed by atoms with Gasteiger partial charge in [0.15, 0.2) is 0 Å². The third kappa shape index (κ3) is 13.1. The fourth-order valence-corrected chi connectivity index (χ4v) is 4.17. The minimum atomic E-state index is 0. The molecule has 1 atom stereocenters. The van der Waals surface area contributed by atoms with Crippen molar-refractivity contribution in [2.24, 2.45) is 10.9 Å². The average Bonchev–Trinajstić information content (AvgIpc) is 3.52. The molecule has 0 saturated carbocycles. The van der Waals surface area contributed by atoms with E-state index in [1.165, 1.54) is 11.1 Å². The summed E-state index contributed by atoms with van der Waals surface area (Å²) in [7, 11) is 0. The van der Waals surface area contributed by atoms with Crippen LogP contribution < -0.4 is 0 Å². The fourth-order valence-electron chi connectivity index (χ4n) is 4.17. The van der Waals surface area contributed by atoms with Gasteiger partial charge in [-0.25, -0.2) is 4.99 Å². The second-order valence-electron chi connectivity index (χ2n) is 10.9. The molecule has 1 aliphatic heterocycles. The van der Waals surface area contributed by atoms with Gasteiger partial charge >= 0.3 is 21.7 Å². The Morgan fingerprint density at radius 1 is 0.622 bits per heavy atom. The first-order chi connectivity index (χ1) is 21.2. The smallest absolute Gasteiger partial charge is 0.657 e. The van der Waals surface area contributed by atoms with E-state index in [1.54, 1.807) is 0 Å². The summed E-state index contributed by atoms with van der Waals surface area (Å²) in [5.74, 6) is 1.20. The Labute approximate surface area is 286 Å². The summed E-state index contributed by atoms with van der Waals surface area (Å²) in [6, 6.07) is 44.2. The van der Waals surface area contributed by atoms with E-state index in [1.807, 2.05) is 115 Å². The molecule has 228 valence electrons. The number of hydrogen-bond donors (Lipinski definition) is 0. The molecular weight excluding hydrogens is 584 g/mol. The molecule has 0 aliphatic carbocycles. The van der Waals surface area contributed by atoms with E-state index < -0.39 is 0 Å². The molecule has 6 rings (SSSR count). The van der Waals surface area contributed by atoms with Crippen LogP contribution in [0.4, 0.5) is 11.4 Å². The van der Waals surface area contributed by atoms with Crippen molar-refractivity contribution >= 4 is 17.3 Å². The van der Waals surface area contributed by atoms with Gasteiger partial charge in [-0.1, -0.05) is 85.6 Å². The number of aryl methyl sites for hydroxylation is 2. The Bertz CT molecular complexity index is 1440. The molecule has 0 aromatic heterocycles. The van der Waals surface area contributed by atoms with Crippen LogP contribution in [0.1, 0.15) is 47.2 Å². The number of para-hydroxylation sites is 2. The van der Waals surface area contributed by atoms with Crippen LogP contribution >= 0.6 is 0 Å². The summed E-state index contributed by atoms with van der Waals surface area (Å²) in [4.78, 5) is 4.74. The molecule has 0 N–H and O–H groups in total. The normalized spacial score (nSPS) is 12.7. The maximum absolute atomic E-state index is 5.84. The van der Waals surface area contributed by atoms with Gasteiger partial charge in [-0.2, -0.15) is 73.9 Å². The third-order valence-corrected chi connectivity index (χ3v) is 6.78. The van der Waals surface area contributed by atoms with Crippen molar-refractivity contribution in [3.8, 4) is 0 Å². The van der Waals surface area contributed by atoms with Gasteiger partial charge in [0.1, 0.15) is 6.61 Å². The quantitative estimate of drug-likeness (QED) is 0.144. The number of nitrogens with zero attached hydrogens (tertiary/aromatic N) is 2. The molecule has 5 aromatic carbocycles. The second-order valence-corrected chi connectivity index (χ2v) is 10.9. The molecule has 1 heterocycles. The van der Waals surface area contributed by atoms with E-state index in [2.05, 4.69) is 66.7 Å². The van der Waals surface area contributed by atoms with Crippen LogP contribution in [0.5, 0.6) is 0 Å². The van der Waals surface area contributed by atoms with Gasteiger partial charge in [-0.15, -0.1) is 47.8 Å². The van der Waals surface area contributed by atoms with Crippen LogP contribution in [-0.4, -0.2) is 18.5 Å². The first-order valence-electron chi connectivity index (χ1n) is 14.9. The zero-order valence-electron chi connectivity index (χ0n) is 27.0. The maximum atomic E-state index is 5.84. The molecule has 1 aliphatic rings. The molecule has 3 nitrogen and oxygen atoms in total. The van der Waals surface area contributed by atoms with E-state index in [0.29, 0.717) is 18.4 Å². The van der Waals surface area contributed by atoms with Crippen LogP contribution in [0.3, 0.4) is 0 Å². The molecule has 0 radical (unpaired) electrons. The van der Waals surface area contributed by atoms with E-state index in [-0.39, 0.29) is 27.8 Å². The SMILES string of the molecule is Cc1cccc(C)c1[N-]c1ccccc1C1=N[C@@H](C(C)C)CO1.[CH2-]c1ccccc1.[CH2-]c1ccccc1.[CH2-]c1ccccc1.[Ti+4]. The molecule has 0 amide bonds. The average molecular weight is 629 g/mol. The standard InChI is InChI=1S/C20H23N2O.3C7H7.Ti/c1-13(2)18-12-23-20(22-18)16-10-5-6-11-17(16)21-19-14(3)8-7-9-15(19)4;3*1-7-5-3-2-4-6-7;/h5-11,13,18H,12H2,1-4H3;3*2-6H,1H2;/q4*-1;+4/t18-;;;;/m1..../s1. The Hall–Kier alpha value is -4.31. The van der Waals surface area contributed by atoms with Crippen molar-refractivity contribution in [3.63, 3.8) is 0 Å². The monoisotopic (exact) mass is 628 g/mol. The molecule has 0 bridgehead atoms. The molecule has 4 heteroatoms. The number of aliphatic imine (C=N–C) groups is 1. The predicted octanol–water partition coefficient (Wildman–Crippen LogP) is 11.0. The van der Waals surface area contributed by atoms with Gasteiger partial charge < -0.3 is 10.1 Å². The van der Waals surface area contributed by atoms with Crippen molar-refractivity contribution in [2.75, 3.05) is 6.61 Å². The Morgan fingerprint density at radius 3 is 1.42 bits per heavy atom. The minimum absolute atomic E-state index is 0. The van der Waals surface area contributed by atoms with Gasteiger partial charge in [-0.3, -0.25) is 0 Å². The van der Waals surface area contributed by atoms with Crippen molar-refractivity contribution in [3.05, 3.63) is 193 Å². The molecule has 0 saturated heterocycles. The predicted molar refractivity (Wildman–Crippen MR) is 189 cm³/mol. The van der Waals surface area contributed by atoms with E-state index >= 15 is 0 Å². The summed E-state index contributed by atoms with van der Waals surface area (Å²) in [6.45, 7) is 20.3. The Kier molecular flexibility index (Phi) is 16.3. The van der Waals surface area contributed by atoms with Crippen molar-refractivity contribution in [1.82, 2.24) is 0 Å². The summed E-state index contributed by atoms with van der Waals surface area (Å²) < 4.78 is 5.84. The fraction of sp³-hybridized carbons (Fsp3) is 0.171. The minimum Gasteiger partial charge on any atom is -0.657 e. The topological polar surface area (TPSA) is 35.7 Å². The number of hydrogen-bond acceptors (Lipinski definition) is 2.